The molecule has 0 saturated heterocycles. The number of esters is 2. The molecule has 3 saturated carbocycles. The van der Waals surface area contributed by atoms with Gasteiger partial charge in [0.1, 0.15) is 0 Å². The molecule has 15 nitrogen and oxygen atoms in total. The summed E-state index contributed by atoms with van der Waals surface area (Å²) in [6, 6.07) is 0. The number of nitrogens with zero attached hydrogens (tertiary/aromatic N) is 2. The third-order valence-corrected chi connectivity index (χ3v) is 10.9. The van der Waals surface area contributed by atoms with Gasteiger partial charge in [-0.05, 0) is 69.9 Å². The third-order valence-electron chi connectivity index (χ3n) is 10.9. The lowest BCUT2D eigenvalue weighted by atomic mass is 9.44. The van der Waals surface area contributed by atoms with Gasteiger partial charge in [-0.25, -0.2) is 4.39 Å². The van der Waals surface area contributed by atoms with E-state index in [1.807, 2.05) is 0 Å². The van der Waals surface area contributed by atoms with E-state index in [2.05, 4.69) is 9.68 Å². The molecule has 260 valence electrons. The molecule has 0 spiro atoms. The van der Waals surface area contributed by atoms with Crippen LogP contribution in [0, 0.1) is 48.8 Å². The summed E-state index contributed by atoms with van der Waals surface area (Å²) in [5.74, 6) is -4.70. The Hall–Kier alpha value is -3.95. The van der Waals surface area contributed by atoms with E-state index < -0.39 is 87.1 Å². The molecule has 4 aliphatic carbocycles. The predicted molar refractivity (Wildman–Crippen MR) is 157 cm³/mol. The Kier molecular flexibility index (Phi) is 10.4. The molecule has 16 heteroatoms. The van der Waals surface area contributed by atoms with Gasteiger partial charge >= 0.3 is 11.9 Å². The van der Waals surface area contributed by atoms with Gasteiger partial charge in [-0.3, -0.25) is 19.2 Å². The number of hydrogen-bond acceptors (Lipinski definition) is 13. The number of allylic oxidation sites excluding steroid dienone is 4. The monoisotopic (exact) mass is 668 g/mol. The fourth-order valence-corrected chi connectivity index (χ4v) is 8.82. The lowest BCUT2D eigenvalue weighted by Gasteiger charge is -2.62. The van der Waals surface area contributed by atoms with E-state index in [9.17, 15) is 44.5 Å². The maximum Gasteiger partial charge on any atom is 0.306 e. The van der Waals surface area contributed by atoms with E-state index in [1.54, 1.807) is 20.8 Å². The number of unbranched alkanes of at least 4 members (excludes halogenated alkanes) is 1. The largest absolute Gasteiger partial charge is 0.457 e. The average molecular weight is 669 g/mol. The zero-order valence-corrected chi connectivity index (χ0v) is 26.6. The van der Waals surface area contributed by atoms with Crippen molar-refractivity contribution in [3.8, 4) is 0 Å². The topological polar surface area (TPSA) is 212 Å². The van der Waals surface area contributed by atoms with Crippen molar-refractivity contribution in [3.63, 3.8) is 0 Å². The fourth-order valence-electron chi connectivity index (χ4n) is 8.82. The van der Waals surface area contributed by atoms with Crippen LogP contribution in [0.4, 0.5) is 4.39 Å². The van der Waals surface area contributed by atoms with Crippen molar-refractivity contribution in [2.24, 2.45) is 28.6 Å². The first-order chi connectivity index (χ1) is 22.0. The van der Waals surface area contributed by atoms with Crippen molar-refractivity contribution >= 4 is 23.5 Å². The summed E-state index contributed by atoms with van der Waals surface area (Å²) >= 11 is 0. The summed E-state index contributed by atoms with van der Waals surface area (Å²) in [7, 11) is 0. The van der Waals surface area contributed by atoms with E-state index in [4.69, 9.17) is 9.47 Å². The summed E-state index contributed by atoms with van der Waals surface area (Å²) in [5.41, 5.74) is -6.16. The zero-order valence-electron chi connectivity index (χ0n) is 26.6. The highest BCUT2D eigenvalue weighted by molar-refractivity contribution is 6.01. The standard InChI is InChI=1S/C31H41FN2O13/c1-19-15-23-22-10-9-20-16-21(35)11-12-28(20,2)30(22,32)24(36)17-29(23,3)31(19,47-27(39)8-6-14-46-34(42)43)25(37)18-44-26(38)7-4-5-13-45-33(40)41/h11-12,16,19,22-24,36H,4-10,13-15,17-18H2,1-3H3/t19-,22?,23?,24-,28-,29-,30-,31-/m0/s1. The van der Waals surface area contributed by atoms with Gasteiger partial charge in [0.25, 0.3) is 10.2 Å². The van der Waals surface area contributed by atoms with Crippen molar-refractivity contribution < 1.29 is 58.0 Å². The van der Waals surface area contributed by atoms with Crippen LogP contribution in [-0.4, -0.2) is 76.0 Å². The maximum atomic E-state index is 17.6. The lowest BCUT2D eigenvalue weighted by Crippen LogP contribution is -2.70. The number of carbonyl (C=O) groups is 4. The summed E-state index contributed by atoms with van der Waals surface area (Å²) in [6.07, 6.45) is 2.98. The number of ketones is 2. The molecule has 4 rings (SSSR count). The molecular formula is C31H41FN2O13. The Balaban J connectivity index is 1.61. The van der Waals surface area contributed by atoms with Gasteiger partial charge in [-0.15, -0.1) is 20.2 Å². The first-order valence-electron chi connectivity index (χ1n) is 15.8. The minimum atomic E-state index is -2.20. The number of Topliss-reactive ketones (excluding diaryl/α,β-unsaturated/α-hetero) is 1. The molecular weight excluding hydrogens is 627 g/mol. The average Bonchev–Trinajstić information content (AvgIpc) is 3.21. The van der Waals surface area contributed by atoms with Crippen LogP contribution in [0.15, 0.2) is 23.8 Å². The number of aliphatic hydroxyl groups excluding tert-OH is 1. The number of aliphatic hydroxyl groups is 1. The van der Waals surface area contributed by atoms with Gasteiger partial charge in [0, 0.05) is 35.5 Å². The maximum absolute atomic E-state index is 17.6. The molecule has 0 aromatic heterocycles. The van der Waals surface area contributed by atoms with Crippen LogP contribution in [0.1, 0.15) is 78.6 Å². The highest BCUT2D eigenvalue weighted by Crippen LogP contribution is 2.71. The van der Waals surface area contributed by atoms with Crippen LogP contribution in [0.2, 0.25) is 0 Å². The van der Waals surface area contributed by atoms with Crippen molar-refractivity contribution in [1.29, 1.82) is 0 Å². The number of halogens is 1. The smallest absolute Gasteiger partial charge is 0.306 e. The van der Waals surface area contributed by atoms with E-state index in [0.29, 0.717) is 12.0 Å². The van der Waals surface area contributed by atoms with Crippen molar-refractivity contribution in [2.75, 3.05) is 19.8 Å². The molecule has 0 amide bonds. The first kappa shape index (κ1) is 35.9. The third kappa shape index (κ3) is 6.35. The number of carbonyl (C=O) groups excluding carboxylic acids is 4. The van der Waals surface area contributed by atoms with Gasteiger partial charge in [0.15, 0.2) is 23.7 Å². The van der Waals surface area contributed by atoms with Gasteiger partial charge < -0.3 is 24.3 Å². The van der Waals surface area contributed by atoms with Crippen molar-refractivity contribution in [1.82, 2.24) is 0 Å². The van der Waals surface area contributed by atoms with Crippen molar-refractivity contribution in [3.05, 3.63) is 44.0 Å². The minimum absolute atomic E-state index is 0.0921. The summed E-state index contributed by atoms with van der Waals surface area (Å²) in [5, 5.41) is 30.6. The van der Waals surface area contributed by atoms with Crippen LogP contribution in [0.25, 0.3) is 0 Å². The number of alkyl halides is 1. The number of rotatable bonds is 15. The number of fused-ring (bicyclic) bond motifs is 5. The summed E-state index contributed by atoms with van der Waals surface area (Å²) in [6.45, 7) is 3.62. The van der Waals surface area contributed by atoms with E-state index in [1.165, 1.54) is 18.2 Å². The first-order valence-corrected chi connectivity index (χ1v) is 15.8. The van der Waals surface area contributed by atoms with Crippen molar-refractivity contribution in [2.45, 2.75) is 95.9 Å². The molecule has 8 atom stereocenters. The second kappa shape index (κ2) is 13.6. The fraction of sp³-hybridized carbons (Fsp3) is 0.742. The molecule has 0 bridgehead atoms. The van der Waals surface area contributed by atoms with Crippen LogP contribution >= 0.6 is 0 Å². The Bertz CT molecular complexity index is 1370. The Labute approximate surface area is 270 Å². The number of ether oxygens (including phenoxy) is 2. The second-order valence-electron chi connectivity index (χ2n) is 13.4. The highest BCUT2D eigenvalue weighted by atomic mass is 19.1. The summed E-state index contributed by atoms with van der Waals surface area (Å²) < 4.78 is 28.9. The second-order valence-corrected chi connectivity index (χ2v) is 13.4. The van der Waals surface area contributed by atoms with E-state index in [0.717, 1.165) is 0 Å². The lowest BCUT2D eigenvalue weighted by molar-refractivity contribution is -0.757. The molecule has 4 aliphatic rings. The van der Waals surface area contributed by atoms with E-state index >= 15 is 4.39 Å². The van der Waals surface area contributed by atoms with Crippen LogP contribution < -0.4 is 0 Å². The molecule has 0 heterocycles. The van der Waals surface area contributed by atoms with Gasteiger partial charge in [-0.2, -0.15) is 0 Å². The quantitative estimate of drug-likeness (QED) is 0.115. The van der Waals surface area contributed by atoms with E-state index in [-0.39, 0.29) is 63.8 Å². The SMILES string of the molecule is C[C@H]1CC2C3CCC4=CC(=O)C=C[C@]4(C)[C@@]3(F)[C@@H](O)C[C@]2(C)[C@@]1(OC(=O)CCCO[N+](=O)[O-])C(=O)COC(=O)CCCCO[N+](=O)[O-]. The number of hydrogen-bond donors (Lipinski definition) is 1. The predicted octanol–water partition coefficient (Wildman–Crippen LogP) is 3.36. The molecule has 47 heavy (non-hydrogen) atoms. The molecule has 0 aliphatic heterocycles. The normalized spacial score (nSPS) is 35.4. The molecule has 2 unspecified atom stereocenters. The molecule has 0 radical (unpaired) electrons. The van der Waals surface area contributed by atoms with Gasteiger partial charge in [0.2, 0.25) is 5.78 Å². The Morgan fingerprint density at radius 1 is 1.02 bits per heavy atom. The molecule has 0 aromatic rings. The molecule has 3 fully saturated rings. The van der Waals surface area contributed by atoms with Crippen LogP contribution in [0.3, 0.4) is 0 Å². The molecule has 0 aromatic carbocycles. The van der Waals surface area contributed by atoms with Gasteiger partial charge in [-0.1, -0.05) is 25.5 Å². The molecule has 1 N–H and O–H groups in total. The van der Waals surface area contributed by atoms with Crippen LogP contribution in [0.5, 0.6) is 0 Å². The minimum Gasteiger partial charge on any atom is -0.457 e. The Morgan fingerprint density at radius 2 is 1.66 bits per heavy atom. The van der Waals surface area contributed by atoms with Crippen LogP contribution in [-0.2, 0) is 38.3 Å². The highest BCUT2D eigenvalue weighted by Gasteiger charge is 2.77. The summed E-state index contributed by atoms with van der Waals surface area (Å²) in [4.78, 5) is 81.4. The Morgan fingerprint density at radius 3 is 2.32 bits per heavy atom. The van der Waals surface area contributed by atoms with Gasteiger partial charge in [0.05, 0.1) is 19.3 Å². The zero-order chi connectivity index (χ0) is 34.8.